The molecule has 1 N–H and O–H groups in total. The highest BCUT2D eigenvalue weighted by Gasteiger charge is 2.42. The van der Waals surface area contributed by atoms with Crippen molar-refractivity contribution in [2.75, 3.05) is 13.1 Å². The first-order chi connectivity index (χ1) is 8.58. The molecule has 1 heterocycles. The van der Waals surface area contributed by atoms with E-state index in [1.54, 1.807) is 11.8 Å². The van der Waals surface area contributed by atoms with Crippen LogP contribution in [0.2, 0.25) is 0 Å². The summed E-state index contributed by atoms with van der Waals surface area (Å²) < 4.78 is 0. The van der Waals surface area contributed by atoms with E-state index < -0.39 is 16.8 Å². The maximum Gasteiger partial charge on any atom is 0.311 e. The molecule has 1 amide bonds. The Labute approximate surface area is 116 Å². The number of piperidine rings is 1. The van der Waals surface area contributed by atoms with E-state index in [0.29, 0.717) is 25.4 Å². The van der Waals surface area contributed by atoms with Crippen LogP contribution in [0.4, 0.5) is 0 Å². The van der Waals surface area contributed by atoms with Gasteiger partial charge < -0.3 is 10.0 Å². The molecule has 1 aliphatic heterocycles. The lowest BCUT2D eigenvalue weighted by Gasteiger charge is -2.41. The summed E-state index contributed by atoms with van der Waals surface area (Å²) in [5.74, 6) is -0.255. The quantitative estimate of drug-likeness (QED) is 0.853. The predicted octanol–water partition coefficient (Wildman–Crippen LogP) is 2.77. The van der Waals surface area contributed by atoms with E-state index in [9.17, 15) is 14.7 Å². The van der Waals surface area contributed by atoms with Crippen LogP contribution in [0.3, 0.4) is 0 Å². The molecule has 1 fully saturated rings. The number of likely N-dealkylation sites (tertiary alicyclic amines) is 1. The molecule has 1 rings (SSSR count). The first-order valence-electron chi connectivity index (χ1n) is 7.11. The van der Waals surface area contributed by atoms with Gasteiger partial charge in [-0.25, -0.2) is 0 Å². The van der Waals surface area contributed by atoms with E-state index in [4.69, 9.17) is 0 Å². The normalized spacial score (nSPS) is 24.6. The molecule has 1 atom stereocenters. The topological polar surface area (TPSA) is 57.6 Å². The summed E-state index contributed by atoms with van der Waals surface area (Å²) in [6.07, 6.45) is 2.25. The van der Waals surface area contributed by atoms with Gasteiger partial charge in [0.05, 0.1) is 5.41 Å². The lowest BCUT2D eigenvalue weighted by atomic mass is 9.78. The Balaban J connectivity index is 2.80. The molecule has 1 saturated heterocycles. The van der Waals surface area contributed by atoms with Crippen LogP contribution in [0.5, 0.6) is 0 Å². The van der Waals surface area contributed by atoms with Crippen LogP contribution < -0.4 is 0 Å². The molecule has 0 aliphatic carbocycles. The van der Waals surface area contributed by atoms with E-state index >= 15 is 0 Å². The molecule has 1 unspecified atom stereocenters. The highest BCUT2D eigenvalue weighted by atomic mass is 16.4. The molecule has 4 nitrogen and oxygen atoms in total. The van der Waals surface area contributed by atoms with E-state index in [1.807, 2.05) is 13.8 Å². The van der Waals surface area contributed by atoms with Crippen molar-refractivity contribution < 1.29 is 14.7 Å². The summed E-state index contributed by atoms with van der Waals surface area (Å²) >= 11 is 0. The first-order valence-corrected chi connectivity index (χ1v) is 7.11. The van der Waals surface area contributed by atoms with Crippen molar-refractivity contribution in [1.29, 1.82) is 0 Å². The van der Waals surface area contributed by atoms with E-state index in [-0.39, 0.29) is 5.91 Å². The highest BCUT2D eigenvalue weighted by Crippen LogP contribution is 2.34. The number of carboxylic acids is 1. The van der Waals surface area contributed by atoms with Gasteiger partial charge in [-0.15, -0.1) is 0 Å². The monoisotopic (exact) mass is 269 g/mol. The van der Waals surface area contributed by atoms with E-state index in [2.05, 4.69) is 13.8 Å². The average molecular weight is 269 g/mol. The Bertz CT molecular complexity index is 362. The molecule has 0 radical (unpaired) electrons. The standard InChI is InChI=1S/C15H27NO3/c1-11(2)9-14(3,4)12(17)16-8-6-7-15(5,10-16)13(18)19/h11H,6-10H2,1-5H3,(H,18,19). The molecule has 0 aromatic rings. The second-order valence-electron chi connectivity index (χ2n) is 7.18. The van der Waals surface area contributed by atoms with Crippen LogP contribution in [-0.2, 0) is 9.59 Å². The van der Waals surface area contributed by atoms with Gasteiger partial charge in [0.2, 0.25) is 5.91 Å². The van der Waals surface area contributed by atoms with E-state index in [0.717, 1.165) is 12.8 Å². The van der Waals surface area contributed by atoms with Crippen molar-refractivity contribution in [2.24, 2.45) is 16.7 Å². The molecule has 0 aromatic carbocycles. The third-order valence-electron chi connectivity index (χ3n) is 4.00. The van der Waals surface area contributed by atoms with Crippen molar-refractivity contribution in [3.05, 3.63) is 0 Å². The smallest absolute Gasteiger partial charge is 0.311 e. The van der Waals surface area contributed by atoms with Crippen LogP contribution >= 0.6 is 0 Å². The second kappa shape index (κ2) is 5.51. The summed E-state index contributed by atoms with van der Waals surface area (Å²) in [6, 6.07) is 0. The Morgan fingerprint density at radius 1 is 1.37 bits per heavy atom. The van der Waals surface area contributed by atoms with Gasteiger partial charge in [-0.05, 0) is 32.1 Å². The zero-order chi connectivity index (χ0) is 14.8. The number of amides is 1. The van der Waals surface area contributed by atoms with Crippen molar-refractivity contribution >= 4 is 11.9 Å². The fourth-order valence-corrected chi connectivity index (χ4v) is 3.12. The maximum absolute atomic E-state index is 12.6. The Hall–Kier alpha value is -1.06. The summed E-state index contributed by atoms with van der Waals surface area (Å²) in [5.41, 5.74) is -1.20. The number of aliphatic carboxylic acids is 1. The van der Waals surface area contributed by atoms with Crippen LogP contribution in [0, 0.1) is 16.7 Å². The highest BCUT2D eigenvalue weighted by molar-refractivity contribution is 5.83. The number of hydrogen-bond donors (Lipinski definition) is 1. The minimum atomic E-state index is -0.799. The van der Waals surface area contributed by atoms with Crippen LogP contribution in [-0.4, -0.2) is 35.0 Å². The first kappa shape index (κ1) is 16.0. The molecule has 110 valence electrons. The molecule has 0 aromatic heterocycles. The van der Waals surface area contributed by atoms with Gasteiger partial charge in [0, 0.05) is 18.5 Å². The summed E-state index contributed by atoms with van der Waals surface area (Å²) in [5, 5.41) is 9.31. The number of carbonyl (C=O) groups is 2. The Morgan fingerprint density at radius 2 is 1.95 bits per heavy atom. The predicted molar refractivity (Wildman–Crippen MR) is 74.8 cm³/mol. The minimum Gasteiger partial charge on any atom is -0.481 e. The lowest BCUT2D eigenvalue weighted by molar-refractivity contribution is -0.156. The third-order valence-corrected chi connectivity index (χ3v) is 4.00. The number of hydrogen-bond acceptors (Lipinski definition) is 2. The zero-order valence-electron chi connectivity index (χ0n) is 12.8. The fraction of sp³-hybridized carbons (Fsp3) is 0.867. The SMILES string of the molecule is CC(C)CC(C)(C)C(=O)N1CCCC(C)(C(=O)O)C1. The van der Waals surface area contributed by atoms with Gasteiger partial charge >= 0.3 is 5.97 Å². The van der Waals surface area contributed by atoms with Gasteiger partial charge in [0.1, 0.15) is 0 Å². The van der Waals surface area contributed by atoms with Gasteiger partial charge in [-0.3, -0.25) is 9.59 Å². The van der Waals surface area contributed by atoms with Gasteiger partial charge in [-0.2, -0.15) is 0 Å². The number of carboxylic acid groups (broad SMARTS) is 1. The van der Waals surface area contributed by atoms with Crippen molar-refractivity contribution in [1.82, 2.24) is 4.90 Å². The summed E-state index contributed by atoms with van der Waals surface area (Å²) in [6.45, 7) is 10.9. The molecular formula is C15H27NO3. The van der Waals surface area contributed by atoms with Crippen LogP contribution in [0.1, 0.15) is 53.9 Å². The molecule has 4 heteroatoms. The largest absolute Gasteiger partial charge is 0.481 e. The lowest BCUT2D eigenvalue weighted by Crippen LogP contribution is -2.52. The van der Waals surface area contributed by atoms with Crippen LogP contribution in [0.15, 0.2) is 0 Å². The average Bonchev–Trinajstić information content (AvgIpc) is 2.26. The minimum absolute atomic E-state index is 0.0911. The number of carbonyl (C=O) groups excluding carboxylic acids is 1. The summed E-state index contributed by atoms with van der Waals surface area (Å²) in [4.78, 5) is 25.7. The van der Waals surface area contributed by atoms with Gasteiger partial charge in [0.25, 0.3) is 0 Å². The molecule has 0 saturated carbocycles. The second-order valence-corrected chi connectivity index (χ2v) is 7.18. The van der Waals surface area contributed by atoms with Crippen molar-refractivity contribution in [3.8, 4) is 0 Å². The van der Waals surface area contributed by atoms with Gasteiger partial charge in [-0.1, -0.05) is 27.7 Å². The van der Waals surface area contributed by atoms with Gasteiger partial charge in [0.15, 0.2) is 0 Å². The van der Waals surface area contributed by atoms with Crippen molar-refractivity contribution in [2.45, 2.75) is 53.9 Å². The summed E-state index contributed by atoms with van der Waals surface area (Å²) in [7, 11) is 0. The Kier molecular flexibility index (Phi) is 4.64. The zero-order valence-corrected chi connectivity index (χ0v) is 12.8. The number of rotatable bonds is 4. The molecule has 1 aliphatic rings. The Morgan fingerprint density at radius 3 is 2.42 bits per heavy atom. The van der Waals surface area contributed by atoms with Crippen molar-refractivity contribution in [3.63, 3.8) is 0 Å². The van der Waals surface area contributed by atoms with E-state index in [1.165, 1.54) is 0 Å². The van der Waals surface area contributed by atoms with Crippen LogP contribution in [0.25, 0.3) is 0 Å². The third kappa shape index (κ3) is 3.71. The maximum atomic E-state index is 12.6. The fourth-order valence-electron chi connectivity index (χ4n) is 3.12. The molecule has 0 spiro atoms. The molecular weight excluding hydrogens is 242 g/mol. The number of nitrogens with zero attached hydrogens (tertiary/aromatic N) is 1. The molecule has 19 heavy (non-hydrogen) atoms. The molecule has 0 bridgehead atoms.